The molecule has 0 aliphatic carbocycles. The summed E-state index contributed by atoms with van der Waals surface area (Å²) >= 11 is 23.4. The molecular weight excluding hydrogens is 357 g/mol. The summed E-state index contributed by atoms with van der Waals surface area (Å²) in [6, 6.07) is 4.02. The van der Waals surface area contributed by atoms with Crippen molar-refractivity contribution in [3.63, 3.8) is 0 Å². The Kier molecular flexibility index (Phi) is 4.40. The lowest BCUT2D eigenvalue weighted by Gasteiger charge is -2.13. The number of aromatic nitrogens is 1. The summed E-state index contributed by atoms with van der Waals surface area (Å²) in [5.41, 5.74) is -0.852. The summed E-state index contributed by atoms with van der Waals surface area (Å²) in [7, 11) is 0. The number of hydrogen-bond donors (Lipinski definition) is 0. The van der Waals surface area contributed by atoms with E-state index in [4.69, 9.17) is 46.4 Å². The van der Waals surface area contributed by atoms with Gasteiger partial charge in [0.1, 0.15) is 0 Å². The predicted octanol–water partition coefficient (Wildman–Crippen LogP) is 6.38. The first-order valence-electron chi connectivity index (χ1n) is 5.08. The van der Waals surface area contributed by atoms with Gasteiger partial charge in [0.15, 0.2) is 5.69 Å². The normalized spacial score (nSPS) is 11.8. The molecule has 2 rings (SSSR count). The van der Waals surface area contributed by atoms with Crippen molar-refractivity contribution >= 4 is 46.4 Å². The fourth-order valence-corrected chi connectivity index (χ4v) is 2.55. The van der Waals surface area contributed by atoms with Crippen LogP contribution in [0.2, 0.25) is 20.1 Å². The average Bonchev–Trinajstić information content (AvgIpc) is 2.33. The van der Waals surface area contributed by atoms with E-state index in [2.05, 4.69) is 4.98 Å². The van der Waals surface area contributed by atoms with Crippen LogP contribution in [0.15, 0.2) is 24.4 Å². The van der Waals surface area contributed by atoms with Crippen molar-refractivity contribution in [2.45, 2.75) is 6.18 Å². The Hall–Kier alpha value is -0.680. The minimum absolute atomic E-state index is 0.0811. The Labute approximate surface area is 132 Å². The summed E-state index contributed by atoms with van der Waals surface area (Å²) in [4.78, 5) is 3.25. The average molecular weight is 361 g/mol. The molecule has 0 saturated heterocycles. The van der Waals surface area contributed by atoms with E-state index in [9.17, 15) is 13.2 Å². The zero-order valence-electron chi connectivity index (χ0n) is 9.40. The third-order valence-electron chi connectivity index (χ3n) is 2.46. The smallest absolute Gasteiger partial charge is 0.250 e. The van der Waals surface area contributed by atoms with Crippen molar-refractivity contribution in [3.05, 3.63) is 50.2 Å². The highest BCUT2D eigenvalue weighted by Gasteiger charge is 2.36. The van der Waals surface area contributed by atoms with Gasteiger partial charge in [-0.2, -0.15) is 13.2 Å². The molecule has 0 spiro atoms. The largest absolute Gasteiger partial charge is 0.434 e. The van der Waals surface area contributed by atoms with Crippen molar-refractivity contribution in [2.75, 3.05) is 0 Å². The lowest BCUT2D eigenvalue weighted by molar-refractivity contribution is -0.141. The van der Waals surface area contributed by atoms with Gasteiger partial charge in [0.2, 0.25) is 0 Å². The lowest BCUT2D eigenvalue weighted by Crippen LogP contribution is -2.09. The van der Waals surface area contributed by atoms with Crippen LogP contribution in [0.25, 0.3) is 11.1 Å². The third-order valence-corrected chi connectivity index (χ3v) is 3.88. The molecule has 1 aromatic heterocycles. The maximum atomic E-state index is 12.8. The molecule has 1 heterocycles. The van der Waals surface area contributed by atoms with Gasteiger partial charge in [-0.3, -0.25) is 4.98 Å². The summed E-state index contributed by atoms with van der Waals surface area (Å²) in [5, 5.41) is -0.0462. The van der Waals surface area contributed by atoms with Gasteiger partial charge in [-0.25, -0.2) is 0 Å². The molecule has 1 nitrogen and oxygen atoms in total. The van der Waals surface area contributed by atoms with Gasteiger partial charge in [-0.1, -0.05) is 46.4 Å². The van der Waals surface area contributed by atoms with E-state index < -0.39 is 16.9 Å². The number of pyridine rings is 1. The van der Waals surface area contributed by atoms with Gasteiger partial charge in [0.05, 0.1) is 20.1 Å². The molecule has 0 aliphatic rings. The van der Waals surface area contributed by atoms with Gasteiger partial charge < -0.3 is 0 Å². The number of rotatable bonds is 1. The van der Waals surface area contributed by atoms with E-state index in [1.807, 2.05) is 0 Å². The number of halogens is 7. The van der Waals surface area contributed by atoms with Crippen LogP contribution in [-0.2, 0) is 6.18 Å². The molecule has 0 bridgehead atoms. The fourth-order valence-electron chi connectivity index (χ4n) is 1.58. The fraction of sp³-hybridized carbons (Fsp3) is 0.0833. The highest BCUT2D eigenvalue weighted by Crippen LogP contribution is 2.42. The standard InChI is InChI=1S/C12H4Cl4F3N/c13-7-4-9(15)8(14)3-6(7)5-1-2-20-11(10(5)16)12(17,18)19/h1-4H. The number of hydrogen-bond acceptors (Lipinski definition) is 1. The van der Waals surface area contributed by atoms with Crippen LogP contribution in [-0.4, -0.2) is 4.98 Å². The van der Waals surface area contributed by atoms with Crippen LogP contribution in [0.5, 0.6) is 0 Å². The monoisotopic (exact) mass is 359 g/mol. The van der Waals surface area contributed by atoms with Gasteiger partial charge >= 0.3 is 6.18 Å². The molecule has 0 unspecified atom stereocenters. The van der Waals surface area contributed by atoms with E-state index in [-0.39, 0.29) is 26.2 Å². The number of nitrogens with zero attached hydrogens (tertiary/aromatic N) is 1. The SMILES string of the molecule is FC(F)(F)c1nccc(-c2cc(Cl)c(Cl)cc2Cl)c1Cl. The summed E-state index contributed by atoms with van der Waals surface area (Å²) < 4.78 is 38.3. The Balaban J connectivity index is 2.69. The molecule has 20 heavy (non-hydrogen) atoms. The van der Waals surface area contributed by atoms with E-state index in [1.54, 1.807) is 0 Å². The van der Waals surface area contributed by atoms with Gasteiger partial charge in [-0.05, 0) is 18.2 Å². The van der Waals surface area contributed by atoms with Crippen molar-refractivity contribution < 1.29 is 13.2 Å². The Bertz CT molecular complexity index is 670. The summed E-state index contributed by atoms with van der Waals surface area (Å²) in [6.45, 7) is 0. The molecule has 8 heteroatoms. The van der Waals surface area contributed by atoms with Gasteiger partial charge in [-0.15, -0.1) is 0 Å². The highest BCUT2D eigenvalue weighted by molar-refractivity contribution is 6.44. The van der Waals surface area contributed by atoms with E-state index in [0.717, 1.165) is 6.20 Å². The van der Waals surface area contributed by atoms with Crippen LogP contribution >= 0.6 is 46.4 Å². The Morgan fingerprint density at radius 3 is 2.05 bits per heavy atom. The van der Waals surface area contributed by atoms with E-state index in [0.29, 0.717) is 0 Å². The summed E-state index contributed by atoms with van der Waals surface area (Å²) in [5.74, 6) is 0. The molecule has 0 fully saturated rings. The Morgan fingerprint density at radius 2 is 1.45 bits per heavy atom. The summed E-state index contributed by atoms with van der Waals surface area (Å²) in [6.07, 6.45) is -3.65. The number of benzene rings is 1. The second-order valence-corrected chi connectivity index (χ2v) is 5.36. The molecule has 0 aliphatic heterocycles. The first kappa shape index (κ1) is 15.7. The molecule has 2 aromatic rings. The van der Waals surface area contributed by atoms with E-state index in [1.165, 1.54) is 18.2 Å². The number of alkyl halides is 3. The first-order chi connectivity index (χ1) is 9.21. The maximum absolute atomic E-state index is 12.8. The molecule has 106 valence electrons. The van der Waals surface area contributed by atoms with Crippen molar-refractivity contribution in [1.29, 1.82) is 0 Å². The molecule has 0 N–H and O–H groups in total. The molecule has 0 atom stereocenters. The third kappa shape index (κ3) is 2.98. The molecule has 0 radical (unpaired) electrons. The topological polar surface area (TPSA) is 12.9 Å². The molecular formula is C12H4Cl4F3N. The molecule has 0 amide bonds. The predicted molar refractivity (Wildman–Crippen MR) is 74.7 cm³/mol. The van der Waals surface area contributed by atoms with Crippen LogP contribution in [0.3, 0.4) is 0 Å². The molecule has 1 aromatic carbocycles. The zero-order chi connectivity index (χ0) is 15.1. The quantitative estimate of drug-likeness (QED) is 0.537. The minimum Gasteiger partial charge on any atom is -0.250 e. The van der Waals surface area contributed by atoms with Crippen molar-refractivity contribution in [3.8, 4) is 11.1 Å². The minimum atomic E-state index is -4.66. The highest BCUT2D eigenvalue weighted by atomic mass is 35.5. The molecule has 0 saturated carbocycles. The van der Waals surface area contributed by atoms with Gasteiger partial charge in [0.25, 0.3) is 0 Å². The maximum Gasteiger partial charge on any atom is 0.434 e. The lowest BCUT2D eigenvalue weighted by atomic mass is 10.1. The van der Waals surface area contributed by atoms with Gasteiger partial charge in [0, 0.05) is 17.3 Å². The van der Waals surface area contributed by atoms with Crippen LogP contribution in [0.4, 0.5) is 13.2 Å². The second-order valence-electron chi connectivity index (χ2n) is 3.77. The first-order valence-corrected chi connectivity index (χ1v) is 6.59. The van der Waals surface area contributed by atoms with Crippen molar-refractivity contribution in [1.82, 2.24) is 4.98 Å². The van der Waals surface area contributed by atoms with E-state index >= 15 is 0 Å². The van der Waals surface area contributed by atoms with Crippen molar-refractivity contribution in [2.24, 2.45) is 0 Å². The second kappa shape index (κ2) is 5.60. The Morgan fingerprint density at radius 1 is 0.850 bits per heavy atom. The van der Waals surface area contributed by atoms with Crippen LogP contribution in [0.1, 0.15) is 5.69 Å². The van der Waals surface area contributed by atoms with Crippen LogP contribution in [0, 0.1) is 0 Å². The van der Waals surface area contributed by atoms with Crippen LogP contribution < -0.4 is 0 Å². The zero-order valence-corrected chi connectivity index (χ0v) is 12.4.